The second-order valence-corrected chi connectivity index (χ2v) is 4.83. The van der Waals surface area contributed by atoms with Gasteiger partial charge in [-0.2, -0.15) is 0 Å². The first-order valence-corrected chi connectivity index (χ1v) is 6.21. The van der Waals surface area contributed by atoms with Gasteiger partial charge < -0.3 is 10.1 Å². The van der Waals surface area contributed by atoms with Gasteiger partial charge in [0.25, 0.3) is 0 Å². The minimum Gasteiger partial charge on any atom is -0.464 e. The fourth-order valence-corrected chi connectivity index (χ4v) is 2.24. The molecule has 94 valence electrons. The lowest BCUT2D eigenvalue weighted by Gasteiger charge is -2.01. The molecule has 0 atom stereocenters. The molecule has 0 amide bonds. The molecular weight excluding hydrogens is 250 g/mol. The Morgan fingerprint density at radius 1 is 1.56 bits per heavy atom. The number of hydrogen-bond donors (Lipinski definition) is 1. The third kappa shape index (κ3) is 2.84. The Hall–Kier alpha value is -1.95. The molecule has 2 aromatic heterocycles. The van der Waals surface area contributed by atoms with Crippen molar-refractivity contribution in [3.63, 3.8) is 0 Å². The molecule has 0 saturated carbocycles. The minimum atomic E-state index is -0.404. The highest BCUT2D eigenvalue weighted by atomic mass is 32.1. The number of nitrogens with zero attached hydrogens (tertiary/aromatic N) is 2. The number of anilines is 1. The molecule has 0 aliphatic carbocycles. The molecule has 2 rings (SSSR count). The van der Waals surface area contributed by atoms with E-state index in [0.29, 0.717) is 17.4 Å². The number of aromatic nitrogens is 2. The molecule has 2 aromatic rings. The van der Waals surface area contributed by atoms with Gasteiger partial charge in [0.1, 0.15) is 0 Å². The smallest absolute Gasteiger partial charge is 0.357 e. The fraction of sp³-hybridized carbons (Fsp3) is 0.250. The van der Waals surface area contributed by atoms with E-state index in [0.717, 1.165) is 10.4 Å². The molecular formula is C12H13N3O2S. The Kier molecular flexibility index (Phi) is 3.88. The second kappa shape index (κ2) is 5.59. The van der Waals surface area contributed by atoms with Crippen molar-refractivity contribution in [3.05, 3.63) is 40.7 Å². The van der Waals surface area contributed by atoms with Crippen LogP contribution in [0, 0.1) is 6.92 Å². The van der Waals surface area contributed by atoms with Crippen LogP contribution >= 0.6 is 11.3 Å². The summed E-state index contributed by atoms with van der Waals surface area (Å²) in [5.41, 5.74) is 1.43. The third-order valence-corrected chi connectivity index (χ3v) is 3.27. The normalized spacial score (nSPS) is 10.1. The highest BCUT2D eigenvalue weighted by molar-refractivity contribution is 7.15. The van der Waals surface area contributed by atoms with E-state index in [9.17, 15) is 4.79 Å². The number of ether oxygens (including phenoxy) is 1. The number of pyridine rings is 1. The van der Waals surface area contributed by atoms with Crippen LogP contribution in [-0.4, -0.2) is 23.0 Å². The number of hydrogen-bond acceptors (Lipinski definition) is 6. The molecule has 0 unspecified atom stereocenters. The van der Waals surface area contributed by atoms with E-state index >= 15 is 0 Å². The van der Waals surface area contributed by atoms with Crippen molar-refractivity contribution >= 4 is 22.4 Å². The van der Waals surface area contributed by atoms with Gasteiger partial charge in [-0.05, 0) is 18.6 Å². The number of nitrogens with one attached hydrogen (secondary N) is 1. The van der Waals surface area contributed by atoms with Crippen LogP contribution in [0.25, 0.3) is 0 Å². The highest BCUT2D eigenvalue weighted by Crippen LogP contribution is 2.22. The summed E-state index contributed by atoms with van der Waals surface area (Å²) in [6.45, 7) is 2.47. The van der Waals surface area contributed by atoms with E-state index in [1.165, 1.54) is 18.4 Å². The van der Waals surface area contributed by atoms with Crippen LogP contribution in [0.5, 0.6) is 0 Å². The predicted octanol–water partition coefficient (Wildman–Crippen LogP) is 2.25. The molecule has 18 heavy (non-hydrogen) atoms. The molecule has 5 nitrogen and oxygen atoms in total. The lowest BCUT2D eigenvalue weighted by atomic mass is 10.3. The maximum Gasteiger partial charge on any atom is 0.357 e. The fourth-order valence-electron chi connectivity index (χ4n) is 1.44. The van der Waals surface area contributed by atoms with Crippen molar-refractivity contribution < 1.29 is 9.53 Å². The van der Waals surface area contributed by atoms with Crippen LogP contribution in [0.2, 0.25) is 0 Å². The molecule has 6 heteroatoms. The number of thiazole rings is 1. The number of carbonyl (C=O) groups excluding carboxylic acids is 1. The largest absolute Gasteiger partial charge is 0.464 e. The summed E-state index contributed by atoms with van der Waals surface area (Å²) in [5, 5.41) is 3.87. The Labute approximate surface area is 109 Å². The number of methoxy groups -OCH3 is 1. The van der Waals surface area contributed by atoms with Gasteiger partial charge in [0, 0.05) is 23.8 Å². The van der Waals surface area contributed by atoms with Gasteiger partial charge in [0.2, 0.25) is 0 Å². The molecule has 2 heterocycles. The van der Waals surface area contributed by atoms with Crippen LogP contribution in [-0.2, 0) is 11.3 Å². The minimum absolute atomic E-state index is 0.371. The van der Waals surface area contributed by atoms with E-state index < -0.39 is 5.97 Å². The maximum absolute atomic E-state index is 11.4. The Morgan fingerprint density at radius 3 is 3.06 bits per heavy atom. The summed E-state index contributed by atoms with van der Waals surface area (Å²) in [4.78, 5) is 20.5. The van der Waals surface area contributed by atoms with E-state index in [2.05, 4.69) is 20.0 Å². The number of aryl methyl sites for hydroxylation is 1. The Morgan fingerprint density at radius 2 is 2.39 bits per heavy atom. The van der Waals surface area contributed by atoms with Crippen molar-refractivity contribution in [2.45, 2.75) is 13.5 Å². The third-order valence-electron chi connectivity index (χ3n) is 2.34. The van der Waals surface area contributed by atoms with Crippen LogP contribution < -0.4 is 5.32 Å². The molecule has 0 aromatic carbocycles. The van der Waals surface area contributed by atoms with Crippen molar-refractivity contribution in [1.82, 2.24) is 9.97 Å². The molecule has 0 fully saturated rings. The number of esters is 1. The first-order chi connectivity index (χ1) is 8.70. The number of carbonyl (C=O) groups is 1. The van der Waals surface area contributed by atoms with Gasteiger partial charge in [-0.15, -0.1) is 11.3 Å². The van der Waals surface area contributed by atoms with Gasteiger partial charge >= 0.3 is 5.97 Å². The zero-order chi connectivity index (χ0) is 13.0. The molecule has 1 N–H and O–H groups in total. The average molecular weight is 263 g/mol. The van der Waals surface area contributed by atoms with Crippen molar-refractivity contribution in [1.29, 1.82) is 0 Å². The quantitative estimate of drug-likeness (QED) is 0.857. The van der Waals surface area contributed by atoms with Crippen molar-refractivity contribution in [2.75, 3.05) is 12.4 Å². The van der Waals surface area contributed by atoms with Crippen LogP contribution in [0.15, 0.2) is 24.5 Å². The molecule has 0 bridgehead atoms. The van der Waals surface area contributed by atoms with Gasteiger partial charge in [0.05, 0.1) is 7.11 Å². The van der Waals surface area contributed by atoms with E-state index in [-0.39, 0.29) is 0 Å². The summed E-state index contributed by atoms with van der Waals surface area (Å²) < 4.78 is 4.66. The van der Waals surface area contributed by atoms with Gasteiger partial charge in [0.15, 0.2) is 10.8 Å². The lowest BCUT2D eigenvalue weighted by molar-refractivity contribution is 0.0594. The van der Waals surface area contributed by atoms with Gasteiger partial charge in [-0.1, -0.05) is 6.07 Å². The monoisotopic (exact) mass is 263 g/mol. The summed E-state index contributed by atoms with van der Waals surface area (Å²) >= 11 is 1.43. The summed E-state index contributed by atoms with van der Waals surface area (Å²) in [7, 11) is 1.35. The second-order valence-electron chi connectivity index (χ2n) is 3.63. The topological polar surface area (TPSA) is 64.1 Å². The Bertz CT molecular complexity index is 540. The number of rotatable bonds is 4. The zero-order valence-corrected chi connectivity index (χ0v) is 11.0. The van der Waals surface area contributed by atoms with E-state index in [1.807, 2.05) is 19.1 Å². The van der Waals surface area contributed by atoms with Crippen LogP contribution in [0.4, 0.5) is 5.13 Å². The standard InChI is InChI=1S/C12H13N3O2S/c1-8-10(11(16)17-2)15-12(18-8)14-7-9-4-3-5-13-6-9/h3-6H,7H2,1-2H3,(H,14,15). The molecule has 0 radical (unpaired) electrons. The van der Waals surface area contributed by atoms with Crippen LogP contribution in [0.3, 0.4) is 0 Å². The highest BCUT2D eigenvalue weighted by Gasteiger charge is 2.15. The molecule has 0 saturated heterocycles. The van der Waals surface area contributed by atoms with Gasteiger partial charge in [-0.25, -0.2) is 9.78 Å². The molecule has 0 aliphatic heterocycles. The maximum atomic E-state index is 11.4. The SMILES string of the molecule is COC(=O)c1nc(NCc2cccnc2)sc1C. The summed E-state index contributed by atoms with van der Waals surface area (Å²) in [6.07, 6.45) is 3.51. The Balaban J connectivity index is 2.05. The lowest BCUT2D eigenvalue weighted by Crippen LogP contribution is -2.04. The average Bonchev–Trinajstić information content (AvgIpc) is 2.78. The zero-order valence-electron chi connectivity index (χ0n) is 10.1. The van der Waals surface area contributed by atoms with E-state index in [4.69, 9.17) is 0 Å². The van der Waals surface area contributed by atoms with Crippen molar-refractivity contribution in [3.8, 4) is 0 Å². The van der Waals surface area contributed by atoms with Crippen molar-refractivity contribution in [2.24, 2.45) is 0 Å². The predicted molar refractivity (Wildman–Crippen MR) is 69.8 cm³/mol. The van der Waals surface area contributed by atoms with Gasteiger partial charge in [-0.3, -0.25) is 4.98 Å². The molecule has 0 spiro atoms. The molecule has 0 aliphatic rings. The first-order valence-electron chi connectivity index (χ1n) is 5.39. The van der Waals surface area contributed by atoms with E-state index in [1.54, 1.807) is 12.4 Å². The first kappa shape index (κ1) is 12.5. The van der Waals surface area contributed by atoms with Crippen LogP contribution in [0.1, 0.15) is 20.9 Å². The summed E-state index contributed by atoms with van der Waals surface area (Å²) in [6, 6.07) is 3.85. The summed E-state index contributed by atoms with van der Waals surface area (Å²) in [5.74, 6) is -0.404.